The maximum Gasteiger partial charge on any atom is 0.158 e. The first-order valence-electron chi connectivity index (χ1n) is 7.39. The molecule has 0 radical (unpaired) electrons. The molecule has 0 saturated heterocycles. The highest BCUT2D eigenvalue weighted by atomic mass is 16.5. The molecular formula is C16H29N3O. The Labute approximate surface area is 123 Å². The molecule has 0 bridgehead atoms. The third-order valence-corrected chi connectivity index (χ3v) is 3.54. The summed E-state index contributed by atoms with van der Waals surface area (Å²) in [6.07, 6.45) is -0.0906. The maximum atomic E-state index is 5.88. The average Bonchev–Trinajstić information content (AvgIpc) is 2.33. The van der Waals surface area contributed by atoms with E-state index in [-0.39, 0.29) is 17.4 Å². The molecular weight excluding hydrogens is 250 g/mol. The lowest BCUT2D eigenvalue weighted by Crippen LogP contribution is -2.25. The van der Waals surface area contributed by atoms with Gasteiger partial charge >= 0.3 is 0 Å². The number of hydrogen-bond donors (Lipinski definition) is 1. The summed E-state index contributed by atoms with van der Waals surface area (Å²) in [6, 6.07) is 0. The van der Waals surface area contributed by atoms with Gasteiger partial charge in [0.05, 0.1) is 0 Å². The Morgan fingerprint density at radius 1 is 1.15 bits per heavy atom. The van der Waals surface area contributed by atoms with Crippen LogP contribution >= 0.6 is 0 Å². The largest absolute Gasteiger partial charge is 0.370 e. The number of aryl methyl sites for hydroxylation is 2. The van der Waals surface area contributed by atoms with Crippen LogP contribution in [0.5, 0.6) is 0 Å². The van der Waals surface area contributed by atoms with Gasteiger partial charge in [0.2, 0.25) is 0 Å². The monoisotopic (exact) mass is 279 g/mol. The number of rotatable bonds is 5. The van der Waals surface area contributed by atoms with Gasteiger partial charge in [-0.3, -0.25) is 0 Å². The zero-order valence-corrected chi connectivity index (χ0v) is 13.9. The van der Waals surface area contributed by atoms with Gasteiger partial charge in [-0.15, -0.1) is 0 Å². The average molecular weight is 279 g/mol. The second-order valence-corrected chi connectivity index (χ2v) is 6.50. The molecule has 0 spiro atoms. The number of hydrogen-bond acceptors (Lipinski definition) is 4. The Kier molecular flexibility index (Phi) is 5.66. The molecule has 2 unspecified atom stereocenters. The highest BCUT2D eigenvalue weighted by Crippen LogP contribution is 2.35. The molecule has 0 aliphatic heterocycles. The summed E-state index contributed by atoms with van der Waals surface area (Å²) in [6.45, 7) is 15.9. The summed E-state index contributed by atoms with van der Waals surface area (Å²) in [4.78, 5) is 9.39. The Bertz CT molecular complexity index is 429. The van der Waals surface area contributed by atoms with Crippen molar-refractivity contribution in [2.24, 2.45) is 11.1 Å². The second-order valence-electron chi connectivity index (χ2n) is 6.50. The van der Waals surface area contributed by atoms with Crippen LogP contribution in [0.15, 0.2) is 0 Å². The standard InChI is InChI=1S/C16H29N3O/c1-8-20-14(16(5,6)7)15-18-11(3)13(10(2)9-17)12(4)19-15/h10,14H,8-9,17H2,1-7H3. The van der Waals surface area contributed by atoms with Crippen LogP contribution < -0.4 is 5.73 Å². The molecule has 0 aromatic carbocycles. The molecule has 1 heterocycles. The van der Waals surface area contributed by atoms with Crippen molar-refractivity contribution in [1.29, 1.82) is 0 Å². The van der Waals surface area contributed by atoms with Gasteiger partial charge in [0.15, 0.2) is 5.82 Å². The fourth-order valence-electron chi connectivity index (χ4n) is 2.58. The minimum absolute atomic E-state index is 0.0319. The summed E-state index contributed by atoms with van der Waals surface area (Å²) in [5.41, 5.74) is 8.94. The predicted octanol–water partition coefficient (Wildman–Crippen LogP) is 3.28. The van der Waals surface area contributed by atoms with Gasteiger partial charge in [-0.1, -0.05) is 27.7 Å². The zero-order chi connectivity index (χ0) is 15.5. The highest BCUT2D eigenvalue weighted by Gasteiger charge is 2.30. The van der Waals surface area contributed by atoms with Gasteiger partial charge in [-0.05, 0) is 44.2 Å². The fourth-order valence-corrected chi connectivity index (χ4v) is 2.58. The van der Waals surface area contributed by atoms with Crippen molar-refractivity contribution in [3.8, 4) is 0 Å². The molecule has 0 fully saturated rings. The van der Waals surface area contributed by atoms with Gasteiger partial charge in [-0.2, -0.15) is 0 Å². The van der Waals surface area contributed by atoms with Gasteiger partial charge in [-0.25, -0.2) is 9.97 Å². The number of ether oxygens (including phenoxy) is 1. The molecule has 1 aromatic rings. The van der Waals surface area contributed by atoms with E-state index < -0.39 is 0 Å². The molecule has 0 amide bonds. The van der Waals surface area contributed by atoms with Crippen LogP contribution in [0.4, 0.5) is 0 Å². The highest BCUT2D eigenvalue weighted by molar-refractivity contribution is 5.28. The Morgan fingerprint density at radius 3 is 2.00 bits per heavy atom. The van der Waals surface area contributed by atoms with Crippen LogP contribution in [-0.4, -0.2) is 23.1 Å². The van der Waals surface area contributed by atoms with Crippen molar-refractivity contribution in [3.63, 3.8) is 0 Å². The van der Waals surface area contributed by atoms with Crippen LogP contribution in [0, 0.1) is 19.3 Å². The molecule has 0 saturated carbocycles. The van der Waals surface area contributed by atoms with E-state index in [0.29, 0.717) is 13.2 Å². The van der Waals surface area contributed by atoms with Crippen LogP contribution in [0.25, 0.3) is 0 Å². The van der Waals surface area contributed by atoms with Crippen molar-refractivity contribution in [1.82, 2.24) is 9.97 Å². The van der Waals surface area contributed by atoms with Crippen LogP contribution in [0.3, 0.4) is 0 Å². The molecule has 114 valence electrons. The summed E-state index contributed by atoms with van der Waals surface area (Å²) >= 11 is 0. The van der Waals surface area contributed by atoms with Gasteiger partial charge < -0.3 is 10.5 Å². The molecule has 0 aliphatic carbocycles. The van der Waals surface area contributed by atoms with Crippen molar-refractivity contribution < 1.29 is 4.74 Å². The smallest absolute Gasteiger partial charge is 0.158 e. The lowest BCUT2D eigenvalue weighted by molar-refractivity contribution is -0.0193. The Hall–Kier alpha value is -1.00. The van der Waals surface area contributed by atoms with E-state index in [2.05, 4.69) is 27.7 Å². The molecule has 1 aromatic heterocycles. The number of aromatic nitrogens is 2. The summed E-state index contributed by atoms with van der Waals surface area (Å²) in [5, 5.41) is 0. The molecule has 1 rings (SSSR count). The molecule has 4 heteroatoms. The fraction of sp³-hybridized carbons (Fsp3) is 0.750. The number of nitrogens with two attached hydrogens (primary N) is 1. The first-order valence-corrected chi connectivity index (χ1v) is 7.39. The minimum Gasteiger partial charge on any atom is -0.370 e. The third kappa shape index (κ3) is 3.76. The summed E-state index contributed by atoms with van der Waals surface area (Å²) in [7, 11) is 0. The van der Waals surface area contributed by atoms with Crippen molar-refractivity contribution in [3.05, 3.63) is 22.8 Å². The van der Waals surface area contributed by atoms with E-state index in [1.54, 1.807) is 0 Å². The van der Waals surface area contributed by atoms with Gasteiger partial charge in [0.25, 0.3) is 0 Å². The van der Waals surface area contributed by atoms with Crippen LogP contribution in [-0.2, 0) is 4.74 Å². The predicted molar refractivity (Wildman–Crippen MR) is 82.8 cm³/mol. The zero-order valence-electron chi connectivity index (χ0n) is 13.9. The van der Waals surface area contributed by atoms with E-state index in [4.69, 9.17) is 20.4 Å². The summed E-state index contributed by atoms with van der Waals surface area (Å²) in [5.74, 6) is 1.06. The molecule has 0 aliphatic rings. The van der Waals surface area contributed by atoms with Gasteiger partial charge in [0.1, 0.15) is 6.10 Å². The number of nitrogens with zero attached hydrogens (tertiary/aromatic N) is 2. The van der Waals surface area contributed by atoms with Crippen molar-refractivity contribution in [2.45, 2.75) is 60.5 Å². The molecule has 2 N–H and O–H groups in total. The van der Waals surface area contributed by atoms with E-state index in [9.17, 15) is 0 Å². The Morgan fingerprint density at radius 2 is 1.65 bits per heavy atom. The Balaban J connectivity index is 3.27. The second kappa shape index (κ2) is 6.64. The topological polar surface area (TPSA) is 61.0 Å². The van der Waals surface area contributed by atoms with Crippen LogP contribution in [0.1, 0.15) is 69.4 Å². The van der Waals surface area contributed by atoms with Crippen LogP contribution in [0.2, 0.25) is 0 Å². The molecule has 4 nitrogen and oxygen atoms in total. The van der Waals surface area contributed by atoms with Crippen molar-refractivity contribution >= 4 is 0 Å². The van der Waals surface area contributed by atoms with Crippen molar-refractivity contribution in [2.75, 3.05) is 13.2 Å². The third-order valence-electron chi connectivity index (χ3n) is 3.54. The normalized spacial score (nSPS) is 15.2. The van der Waals surface area contributed by atoms with Gasteiger partial charge in [0, 0.05) is 18.0 Å². The van der Waals surface area contributed by atoms with E-state index in [1.165, 1.54) is 5.56 Å². The lowest BCUT2D eigenvalue weighted by Gasteiger charge is -2.30. The molecule has 20 heavy (non-hydrogen) atoms. The molecule has 2 atom stereocenters. The van der Waals surface area contributed by atoms with E-state index in [1.807, 2.05) is 20.8 Å². The first kappa shape index (κ1) is 17.1. The van der Waals surface area contributed by atoms with E-state index >= 15 is 0 Å². The first-order chi connectivity index (χ1) is 9.22. The minimum atomic E-state index is -0.0906. The maximum absolute atomic E-state index is 5.88. The van der Waals surface area contributed by atoms with E-state index in [0.717, 1.165) is 17.2 Å². The lowest BCUT2D eigenvalue weighted by atomic mass is 9.88. The SMILES string of the molecule is CCOC(c1nc(C)c(C(C)CN)c(C)n1)C(C)(C)C. The summed E-state index contributed by atoms with van der Waals surface area (Å²) < 4.78 is 5.88. The quantitative estimate of drug-likeness (QED) is 0.898.